The molecule has 1 aromatic heterocycles. The van der Waals surface area contributed by atoms with Gasteiger partial charge in [-0.05, 0) is 43.3 Å². The molecule has 0 bridgehead atoms. The number of benzene rings is 3. The average molecular weight is 504 g/mol. The Balaban J connectivity index is 1.70. The molecule has 0 radical (unpaired) electrons. The minimum atomic E-state index is -0.210. The predicted molar refractivity (Wildman–Crippen MR) is 140 cm³/mol. The molecule has 0 aliphatic heterocycles. The molecular formula is C27H19Cl2N3OS. The molecule has 1 heterocycles. The number of amides is 1. The van der Waals surface area contributed by atoms with E-state index in [-0.39, 0.29) is 11.7 Å². The molecule has 3 aromatic carbocycles. The van der Waals surface area contributed by atoms with Crippen molar-refractivity contribution in [3.05, 3.63) is 100 Å². The van der Waals surface area contributed by atoms with Gasteiger partial charge in [0.25, 0.3) is 0 Å². The summed E-state index contributed by atoms with van der Waals surface area (Å²) in [6.45, 7) is 2.02. The molecule has 4 nitrogen and oxygen atoms in total. The maximum absolute atomic E-state index is 12.6. The van der Waals surface area contributed by atoms with E-state index < -0.39 is 0 Å². The number of pyridine rings is 1. The highest BCUT2D eigenvalue weighted by Gasteiger charge is 2.18. The number of nitriles is 1. The summed E-state index contributed by atoms with van der Waals surface area (Å²) in [7, 11) is 0. The van der Waals surface area contributed by atoms with Crippen molar-refractivity contribution in [1.29, 1.82) is 5.26 Å². The van der Waals surface area contributed by atoms with E-state index in [0.29, 0.717) is 37.6 Å². The summed E-state index contributed by atoms with van der Waals surface area (Å²) in [5.41, 5.74) is 5.20. The van der Waals surface area contributed by atoms with Crippen molar-refractivity contribution in [2.24, 2.45) is 0 Å². The summed E-state index contributed by atoms with van der Waals surface area (Å²) in [5, 5.41) is 14.5. The third kappa shape index (κ3) is 5.60. The monoisotopic (exact) mass is 503 g/mol. The molecule has 0 aliphatic carbocycles. The summed E-state index contributed by atoms with van der Waals surface area (Å²) < 4.78 is 0. The highest BCUT2D eigenvalue weighted by atomic mass is 35.5. The number of thioether (sulfide) groups is 1. The van der Waals surface area contributed by atoms with Crippen LogP contribution in [0.15, 0.2) is 83.9 Å². The van der Waals surface area contributed by atoms with Gasteiger partial charge in [-0.25, -0.2) is 4.98 Å². The van der Waals surface area contributed by atoms with E-state index in [1.165, 1.54) is 11.8 Å². The second-order valence-electron chi connectivity index (χ2n) is 7.54. The number of rotatable bonds is 6. The van der Waals surface area contributed by atoms with E-state index >= 15 is 0 Å². The van der Waals surface area contributed by atoms with E-state index in [2.05, 4.69) is 11.4 Å². The lowest BCUT2D eigenvalue weighted by atomic mass is 9.99. The van der Waals surface area contributed by atoms with Gasteiger partial charge in [-0.3, -0.25) is 4.79 Å². The maximum atomic E-state index is 12.6. The van der Waals surface area contributed by atoms with Crippen molar-refractivity contribution in [1.82, 2.24) is 4.98 Å². The summed E-state index contributed by atoms with van der Waals surface area (Å²) in [5.74, 6) is -0.123. The van der Waals surface area contributed by atoms with Gasteiger partial charge in [-0.15, -0.1) is 0 Å². The first kappa shape index (κ1) is 23.8. The number of nitrogens with one attached hydrogen (secondary N) is 1. The zero-order chi connectivity index (χ0) is 24.1. The number of aryl methyl sites for hydroxylation is 1. The Morgan fingerprint density at radius 2 is 1.71 bits per heavy atom. The highest BCUT2D eigenvalue weighted by Crippen LogP contribution is 2.37. The van der Waals surface area contributed by atoms with Crippen LogP contribution in [0.4, 0.5) is 5.69 Å². The van der Waals surface area contributed by atoms with Crippen LogP contribution < -0.4 is 5.32 Å². The third-order valence-electron chi connectivity index (χ3n) is 5.08. The second-order valence-corrected chi connectivity index (χ2v) is 9.34. The minimum absolute atomic E-state index is 0.0869. The molecule has 34 heavy (non-hydrogen) atoms. The van der Waals surface area contributed by atoms with E-state index in [9.17, 15) is 10.1 Å². The fraction of sp³-hybridized carbons (Fsp3) is 0.0741. The van der Waals surface area contributed by atoms with Gasteiger partial charge >= 0.3 is 0 Å². The van der Waals surface area contributed by atoms with Gasteiger partial charge in [-0.1, -0.05) is 83.0 Å². The van der Waals surface area contributed by atoms with Crippen molar-refractivity contribution < 1.29 is 4.79 Å². The summed E-state index contributed by atoms with van der Waals surface area (Å²) in [6.07, 6.45) is 0. The summed E-state index contributed by atoms with van der Waals surface area (Å²) in [4.78, 5) is 17.3. The zero-order valence-corrected chi connectivity index (χ0v) is 20.5. The van der Waals surface area contributed by atoms with Crippen molar-refractivity contribution in [3.63, 3.8) is 0 Å². The molecule has 7 heteroatoms. The van der Waals surface area contributed by atoms with Crippen molar-refractivity contribution >= 4 is 46.6 Å². The van der Waals surface area contributed by atoms with Gasteiger partial charge in [0.2, 0.25) is 5.91 Å². The van der Waals surface area contributed by atoms with Crippen molar-refractivity contribution in [3.8, 4) is 28.5 Å². The lowest BCUT2D eigenvalue weighted by Crippen LogP contribution is -2.14. The normalized spacial score (nSPS) is 10.5. The first-order chi connectivity index (χ1) is 16.4. The van der Waals surface area contributed by atoms with E-state index in [1.54, 1.807) is 30.3 Å². The van der Waals surface area contributed by atoms with Crippen LogP contribution in [0.5, 0.6) is 0 Å². The predicted octanol–water partition coefficient (Wildman–Crippen LogP) is 7.63. The third-order valence-corrected chi connectivity index (χ3v) is 6.63. The lowest BCUT2D eigenvalue weighted by Gasteiger charge is -2.14. The number of nitrogens with zero attached hydrogens (tertiary/aromatic N) is 2. The highest BCUT2D eigenvalue weighted by molar-refractivity contribution is 8.00. The molecule has 0 unspecified atom stereocenters. The first-order valence-electron chi connectivity index (χ1n) is 10.4. The number of hydrogen-bond acceptors (Lipinski definition) is 4. The van der Waals surface area contributed by atoms with E-state index in [1.807, 2.05) is 55.5 Å². The Kier molecular flexibility index (Phi) is 7.54. The van der Waals surface area contributed by atoms with Gasteiger partial charge in [0.1, 0.15) is 11.1 Å². The number of anilines is 1. The van der Waals surface area contributed by atoms with Crippen molar-refractivity contribution in [2.45, 2.75) is 11.9 Å². The Labute approximate surface area is 212 Å². The number of carbonyl (C=O) groups is 1. The van der Waals surface area contributed by atoms with Gasteiger partial charge in [0, 0.05) is 32.4 Å². The Morgan fingerprint density at radius 1 is 1.00 bits per heavy atom. The standard InChI is InChI=1S/C27H19Cl2N3OS/c1-17-6-8-18(9-7-17)25-14-22(21-4-2-3-5-24(21)29)23(15-30)27(32-25)34-16-26(33)31-20-12-10-19(28)11-13-20/h2-14H,16H2,1H3,(H,31,33). The summed E-state index contributed by atoms with van der Waals surface area (Å²) >= 11 is 13.6. The molecule has 4 aromatic rings. The molecule has 1 N–H and O–H groups in total. The minimum Gasteiger partial charge on any atom is -0.325 e. The van der Waals surface area contributed by atoms with Crippen LogP contribution in [0.1, 0.15) is 11.1 Å². The Morgan fingerprint density at radius 3 is 2.38 bits per heavy atom. The topological polar surface area (TPSA) is 65.8 Å². The molecule has 0 spiro atoms. The maximum Gasteiger partial charge on any atom is 0.234 e. The number of aromatic nitrogens is 1. The van der Waals surface area contributed by atoms with E-state index in [4.69, 9.17) is 28.2 Å². The van der Waals surface area contributed by atoms with Crippen molar-refractivity contribution in [2.75, 3.05) is 11.1 Å². The zero-order valence-electron chi connectivity index (χ0n) is 18.2. The lowest BCUT2D eigenvalue weighted by molar-refractivity contribution is -0.113. The molecule has 1 amide bonds. The largest absolute Gasteiger partial charge is 0.325 e. The molecule has 0 fully saturated rings. The number of hydrogen-bond donors (Lipinski definition) is 1. The quantitative estimate of drug-likeness (QED) is 0.274. The second kappa shape index (κ2) is 10.8. The molecule has 0 saturated carbocycles. The van der Waals surface area contributed by atoms with Gasteiger partial charge in [0.05, 0.1) is 17.0 Å². The Bertz CT molecular complexity index is 1380. The molecule has 4 rings (SSSR count). The summed E-state index contributed by atoms with van der Waals surface area (Å²) in [6, 6.07) is 26.4. The SMILES string of the molecule is Cc1ccc(-c2cc(-c3ccccc3Cl)c(C#N)c(SCC(=O)Nc3ccc(Cl)cc3)n2)cc1. The molecule has 168 valence electrons. The van der Waals surface area contributed by atoms with E-state index in [0.717, 1.165) is 16.7 Å². The van der Waals surface area contributed by atoms with Crippen LogP contribution >= 0.6 is 35.0 Å². The number of carbonyl (C=O) groups excluding carboxylic acids is 1. The van der Waals surface area contributed by atoms with Crippen LogP contribution in [-0.4, -0.2) is 16.6 Å². The van der Waals surface area contributed by atoms with Crippen LogP contribution in [-0.2, 0) is 4.79 Å². The fourth-order valence-corrected chi connectivity index (χ4v) is 4.53. The molecule has 0 saturated heterocycles. The van der Waals surface area contributed by atoms with Crippen LogP contribution in [0.3, 0.4) is 0 Å². The van der Waals surface area contributed by atoms with Gasteiger partial charge in [0.15, 0.2) is 0 Å². The molecule has 0 atom stereocenters. The van der Waals surface area contributed by atoms with Crippen LogP contribution in [0.2, 0.25) is 10.0 Å². The number of halogens is 2. The molecular weight excluding hydrogens is 485 g/mol. The molecule has 0 aliphatic rings. The average Bonchev–Trinajstić information content (AvgIpc) is 2.84. The van der Waals surface area contributed by atoms with Crippen LogP contribution in [0.25, 0.3) is 22.4 Å². The first-order valence-corrected chi connectivity index (χ1v) is 12.1. The smallest absolute Gasteiger partial charge is 0.234 e. The fourth-order valence-electron chi connectivity index (χ4n) is 3.36. The van der Waals surface area contributed by atoms with Gasteiger partial charge in [-0.2, -0.15) is 5.26 Å². The van der Waals surface area contributed by atoms with Crippen LogP contribution in [0, 0.1) is 18.3 Å². The van der Waals surface area contributed by atoms with Gasteiger partial charge < -0.3 is 5.32 Å². The Hall–Kier alpha value is -3.30.